The highest BCUT2D eigenvalue weighted by atomic mass is 79.9. The highest BCUT2D eigenvalue weighted by Crippen LogP contribution is 2.59. The van der Waals surface area contributed by atoms with E-state index >= 15 is 0 Å². The lowest BCUT2D eigenvalue weighted by Gasteiger charge is -2.37. The molecule has 0 N–H and O–H groups in total. The van der Waals surface area contributed by atoms with Gasteiger partial charge in [-0.05, 0) is 63.2 Å². The molecule has 0 aliphatic heterocycles. The summed E-state index contributed by atoms with van der Waals surface area (Å²) in [5.41, 5.74) is 7.48. The van der Waals surface area contributed by atoms with Gasteiger partial charge in [-0.1, -0.05) is 92.5 Å². The van der Waals surface area contributed by atoms with E-state index in [0.29, 0.717) is 0 Å². The second-order valence-electron chi connectivity index (χ2n) is 7.55. The van der Waals surface area contributed by atoms with Gasteiger partial charge in [0.25, 0.3) is 0 Å². The Balaban J connectivity index is 1.85. The summed E-state index contributed by atoms with van der Waals surface area (Å²) in [6.45, 7) is 0. The number of fused-ring (bicyclic) bond motifs is 9. The fourth-order valence-corrected chi connectivity index (χ4v) is 5.81. The van der Waals surface area contributed by atoms with E-state index in [1.807, 2.05) is 24.3 Å². The Labute approximate surface area is 185 Å². The summed E-state index contributed by atoms with van der Waals surface area (Å²) in [5.74, 6) is 0.142. The van der Waals surface area contributed by atoms with Crippen molar-refractivity contribution in [2.45, 2.75) is 5.41 Å². The van der Waals surface area contributed by atoms with Gasteiger partial charge >= 0.3 is 0 Å². The number of carbonyl (C=O) groups is 1. The van der Waals surface area contributed by atoms with Crippen LogP contribution in [0.1, 0.15) is 27.0 Å². The number of hydrogen-bond donors (Lipinski definition) is 0. The fourth-order valence-electron chi connectivity index (χ4n) is 5.09. The number of rotatable bonds is 0. The van der Waals surface area contributed by atoms with E-state index in [-0.39, 0.29) is 5.78 Å². The molecule has 0 radical (unpaired) electrons. The smallest absolute Gasteiger partial charge is 0.182 e. The minimum atomic E-state index is -0.844. The summed E-state index contributed by atoms with van der Waals surface area (Å²) < 4.78 is 1.96. The first-order valence-electron chi connectivity index (χ1n) is 9.46. The van der Waals surface area contributed by atoms with Gasteiger partial charge in [0, 0.05) is 14.5 Å². The molecule has 0 fully saturated rings. The Morgan fingerprint density at radius 1 is 0.517 bits per heavy atom. The van der Waals surface area contributed by atoms with E-state index in [0.717, 1.165) is 53.5 Å². The van der Waals surface area contributed by atoms with E-state index in [2.05, 4.69) is 92.5 Å². The average molecular weight is 502 g/mol. The molecule has 0 unspecified atom stereocenters. The molecule has 6 rings (SSSR count). The Kier molecular flexibility index (Phi) is 3.60. The Hall–Kier alpha value is -2.49. The first-order chi connectivity index (χ1) is 14.1. The van der Waals surface area contributed by atoms with Gasteiger partial charge in [0.05, 0.1) is 0 Å². The third kappa shape index (κ3) is 2.12. The molecule has 138 valence electrons. The number of halogens is 2. The summed E-state index contributed by atoms with van der Waals surface area (Å²) in [7, 11) is 0. The molecule has 0 saturated carbocycles. The number of ketones is 1. The zero-order chi connectivity index (χ0) is 19.8. The Bertz CT molecular complexity index is 1300. The summed E-state index contributed by atoms with van der Waals surface area (Å²) in [6, 6.07) is 28.9. The number of Topliss-reactive ketones (excluding diaryl/α,β-unsaturated/α-hetero) is 1. The molecule has 0 heterocycles. The van der Waals surface area contributed by atoms with Crippen LogP contribution in [0, 0.1) is 0 Å². The Morgan fingerprint density at radius 3 is 1.62 bits per heavy atom. The lowest BCUT2D eigenvalue weighted by Crippen LogP contribution is -2.40. The van der Waals surface area contributed by atoms with Gasteiger partial charge in [0.2, 0.25) is 0 Å². The summed E-state index contributed by atoms with van der Waals surface area (Å²) in [4.78, 5) is 14.3. The van der Waals surface area contributed by atoms with Gasteiger partial charge in [-0.15, -0.1) is 0 Å². The maximum Gasteiger partial charge on any atom is 0.182 e. The van der Waals surface area contributed by atoms with E-state index in [9.17, 15) is 4.79 Å². The molecule has 4 aromatic rings. The van der Waals surface area contributed by atoms with Crippen LogP contribution >= 0.6 is 31.9 Å². The molecule has 0 aromatic heterocycles. The summed E-state index contributed by atoms with van der Waals surface area (Å²) in [6.07, 6.45) is 0. The minimum Gasteiger partial charge on any atom is -0.292 e. The van der Waals surface area contributed by atoms with Crippen LogP contribution in [0.2, 0.25) is 0 Å². The van der Waals surface area contributed by atoms with E-state index < -0.39 is 5.41 Å². The fraction of sp³-hybridized carbons (Fsp3) is 0.0385. The zero-order valence-corrected chi connectivity index (χ0v) is 18.4. The predicted octanol–water partition coefficient (Wildman–Crippen LogP) is 7.39. The maximum atomic E-state index is 14.3. The first kappa shape index (κ1) is 17.4. The number of carbonyl (C=O) groups excluding carboxylic acids is 1. The standard InChI is InChI=1S/C26H14Br2O/c27-15-9-11-19-20-12-10-16(28)14-24(20)26(23(19)13-15)22-8-4-3-6-18(22)17-5-1-2-7-21(17)25(26)29/h1-14H. The van der Waals surface area contributed by atoms with E-state index in [1.54, 1.807) is 0 Å². The van der Waals surface area contributed by atoms with Crippen molar-refractivity contribution in [3.8, 4) is 22.3 Å². The molecule has 2 aliphatic rings. The van der Waals surface area contributed by atoms with Crippen molar-refractivity contribution in [2.75, 3.05) is 0 Å². The molecule has 4 aromatic carbocycles. The second kappa shape index (κ2) is 6.01. The molecule has 0 saturated heterocycles. The van der Waals surface area contributed by atoms with Gasteiger partial charge in [0.15, 0.2) is 5.78 Å². The van der Waals surface area contributed by atoms with E-state index in [4.69, 9.17) is 0 Å². The van der Waals surface area contributed by atoms with Gasteiger partial charge in [-0.25, -0.2) is 0 Å². The van der Waals surface area contributed by atoms with E-state index in [1.165, 1.54) is 0 Å². The van der Waals surface area contributed by atoms with Gasteiger partial charge in [-0.3, -0.25) is 4.79 Å². The van der Waals surface area contributed by atoms with Gasteiger partial charge < -0.3 is 0 Å². The van der Waals surface area contributed by atoms with Crippen molar-refractivity contribution in [1.29, 1.82) is 0 Å². The molecule has 3 heteroatoms. The molecule has 1 nitrogen and oxygen atoms in total. The van der Waals surface area contributed by atoms with Crippen molar-refractivity contribution in [3.05, 3.63) is 116 Å². The molecule has 0 amide bonds. The summed E-state index contributed by atoms with van der Waals surface area (Å²) in [5, 5.41) is 0. The largest absolute Gasteiger partial charge is 0.292 e. The maximum absolute atomic E-state index is 14.3. The monoisotopic (exact) mass is 500 g/mol. The average Bonchev–Trinajstić information content (AvgIpc) is 3.02. The molecular weight excluding hydrogens is 488 g/mol. The second-order valence-corrected chi connectivity index (χ2v) is 9.38. The third-order valence-corrected chi connectivity index (χ3v) is 7.18. The molecule has 0 bridgehead atoms. The zero-order valence-electron chi connectivity index (χ0n) is 15.2. The normalized spacial score (nSPS) is 14.9. The van der Waals surface area contributed by atoms with Crippen molar-refractivity contribution in [2.24, 2.45) is 0 Å². The molecule has 29 heavy (non-hydrogen) atoms. The Morgan fingerprint density at radius 2 is 1.00 bits per heavy atom. The lowest BCUT2D eigenvalue weighted by molar-refractivity contribution is 0.0935. The third-order valence-electron chi connectivity index (χ3n) is 6.19. The van der Waals surface area contributed by atoms with Crippen LogP contribution < -0.4 is 0 Å². The van der Waals surface area contributed by atoms with Crippen molar-refractivity contribution in [3.63, 3.8) is 0 Å². The number of benzene rings is 4. The topological polar surface area (TPSA) is 17.1 Å². The van der Waals surface area contributed by atoms with Crippen LogP contribution in [0.4, 0.5) is 0 Å². The van der Waals surface area contributed by atoms with Crippen LogP contribution in [0.25, 0.3) is 22.3 Å². The van der Waals surface area contributed by atoms with Crippen LogP contribution in [0.3, 0.4) is 0 Å². The van der Waals surface area contributed by atoms with Crippen molar-refractivity contribution >= 4 is 37.6 Å². The first-order valence-corrected chi connectivity index (χ1v) is 11.0. The molecule has 1 spiro atoms. The minimum absolute atomic E-state index is 0.142. The van der Waals surface area contributed by atoms with Crippen molar-refractivity contribution in [1.82, 2.24) is 0 Å². The van der Waals surface area contributed by atoms with Crippen LogP contribution in [-0.4, -0.2) is 5.78 Å². The molecule has 0 atom stereocenters. The highest BCUT2D eigenvalue weighted by molar-refractivity contribution is 9.10. The molecular formula is C26H14Br2O. The highest BCUT2D eigenvalue weighted by Gasteiger charge is 2.54. The quantitative estimate of drug-likeness (QED) is 0.245. The molecule has 2 aliphatic carbocycles. The van der Waals surface area contributed by atoms with Crippen LogP contribution in [0.15, 0.2) is 93.9 Å². The van der Waals surface area contributed by atoms with Crippen LogP contribution in [-0.2, 0) is 5.41 Å². The number of hydrogen-bond acceptors (Lipinski definition) is 1. The lowest BCUT2D eigenvalue weighted by atomic mass is 9.62. The van der Waals surface area contributed by atoms with Gasteiger partial charge in [-0.2, -0.15) is 0 Å². The SMILES string of the molecule is O=C1c2ccccc2-c2ccccc2C12c1cc(Br)ccc1-c1ccc(Br)cc12. The van der Waals surface area contributed by atoms with Gasteiger partial charge in [0.1, 0.15) is 5.41 Å². The van der Waals surface area contributed by atoms with Crippen molar-refractivity contribution < 1.29 is 4.79 Å². The van der Waals surface area contributed by atoms with Crippen LogP contribution in [0.5, 0.6) is 0 Å². The predicted molar refractivity (Wildman–Crippen MR) is 123 cm³/mol. The summed E-state index contributed by atoms with van der Waals surface area (Å²) >= 11 is 7.29.